The minimum atomic E-state index is -4.50. The molecule has 0 amide bonds. The molecule has 82 valence electrons. The molecule has 0 saturated carbocycles. The summed E-state index contributed by atoms with van der Waals surface area (Å²) >= 11 is 0. The molecule has 1 aromatic carbocycles. The molecule has 0 fully saturated rings. The van der Waals surface area contributed by atoms with E-state index in [0.717, 1.165) is 12.1 Å². The molecular weight excluding hydrogens is 217 g/mol. The minimum absolute atomic E-state index is 0.155. The van der Waals surface area contributed by atoms with Crippen molar-refractivity contribution in [2.75, 3.05) is 0 Å². The lowest BCUT2D eigenvalue weighted by Gasteiger charge is -2.12. The summed E-state index contributed by atoms with van der Waals surface area (Å²) in [5.74, 6) is 0. The lowest BCUT2D eigenvalue weighted by molar-refractivity contribution is -0.138. The number of rotatable bonds is 1. The predicted molar refractivity (Wildman–Crippen MR) is 50.2 cm³/mol. The molecule has 0 bridgehead atoms. The SMILES string of the molecule is Cc1cc(C(F)(F)F)c(CC#N)cc1C#N. The molecule has 2 nitrogen and oxygen atoms in total. The van der Waals surface area contributed by atoms with Crippen LogP contribution in [0, 0.1) is 29.6 Å². The zero-order valence-electron chi connectivity index (χ0n) is 8.39. The van der Waals surface area contributed by atoms with E-state index in [2.05, 4.69) is 0 Å². The van der Waals surface area contributed by atoms with Crippen LogP contribution in [0.25, 0.3) is 0 Å². The van der Waals surface area contributed by atoms with Gasteiger partial charge in [-0.3, -0.25) is 0 Å². The number of halogens is 3. The lowest BCUT2D eigenvalue weighted by atomic mass is 9.97. The first kappa shape index (κ1) is 12.1. The number of aryl methyl sites for hydroxylation is 1. The van der Waals surface area contributed by atoms with Crippen molar-refractivity contribution >= 4 is 0 Å². The van der Waals surface area contributed by atoms with Crippen molar-refractivity contribution in [1.29, 1.82) is 10.5 Å². The molecule has 16 heavy (non-hydrogen) atoms. The summed E-state index contributed by atoms with van der Waals surface area (Å²) in [7, 11) is 0. The Morgan fingerprint density at radius 2 is 1.88 bits per heavy atom. The first-order valence-electron chi connectivity index (χ1n) is 4.38. The summed E-state index contributed by atoms with van der Waals surface area (Å²) in [6.45, 7) is 1.43. The number of alkyl halides is 3. The van der Waals surface area contributed by atoms with Gasteiger partial charge in [-0.15, -0.1) is 0 Å². The second-order valence-corrected chi connectivity index (χ2v) is 3.27. The van der Waals surface area contributed by atoms with Gasteiger partial charge in [0, 0.05) is 0 Å². The van der Waals surface area contributed by atoms with Crippen LogP contribution in [0.2, 0.25) is 0 Å². The quantitative estimate of drug-likeness (QED) is 0.736. The summed E-state index contributed by atoms with van der Waals surface area (Å²) in [6.07, 6.45) is -4.85. The normalized spacial score (nSPS) is 10.6. The maximum atomic E-state index is 12.6. The Morgan fingerprint density at radius 3 is 2.31 bits per heavy atom. The van der Waals surface area contributed by atoms with E-state index in [1.165, 1.54) is 6.92 Å². The Morgan fingerprint density at radius 1 is 1.25 bits per heavy atom. The van der Waals surface area contributed by atoms with Crippen molar-refractivity contribution in [2.45, 2.75) is 19.5 Å². The number of hydrogen-bond donors (Lipinski definition) is 0. The number of nitrogens with zero attached hydrogens (tertiary/aromatic N) is 2. The van der Waals surface area contributed by atoms with Crippen LogP contribution in [0.5, 0.6) is 0 Å². The second-order valence-electron chi connectivity index (χ2n) is 3.27. The van der Waals surface area contributed by atoms with Crippen LogP contribution in [-0.4, -0.2) is 0 Å². The van der Waals surface area contributed by atoms with E-state index in [-0.39, 0.29) is 23.1 Å². The minimum Gasteiger partial charge on any atom is -0.198 e. The molecule has 0 N–H and O–H groups in total. The molecule has 5 heteroatoms. The van der Waals surface area contributed by atoms with Crippen LogP contribution in [0.3, 0.4) is 0 Å². The van der Waals surface area contributed by atoms with Gasteiger partial charge in [-0.25, -0.2) is 0 Å². The van der Waals surface area contributed by atoms with E-state index in [0.29, 0.717) is 0 Å². The monoisotopic (exact) mass is 224 g/mol. The Labute approximate surface area is 90.5 Å². The molecular formula is C11H7F3N2. The maximum absolute atomic E-state index is 12.6. The average Bonchev–Trinajstić information content (AvgIpc) is 2.19. The molecule has 0 aliphatic carbocycles. The fourth-order valence-corrected chi connectivity index (χ4v) is 1.37. The molecule has 0 aliphatic rings. The highest BCUT2D eigenvalue weighted by atomic mass is 19.4. The Hall–Kier alpha value is -2.01. The average molecular weight is 224 g/mol. The van der Waals surface area contributed by atoms with Crippen molar-refractivity contribution in [3.05, 3.63) is 34.4 Å². The van der Waals surface area contributed by atoms with Crippen LogP contribution in [0.4, 0.5) is 13.2 Å². The number of nitriles is 2. The van der Waals surface area contributed by atoms with Gasteiger partial charge >= 0.3 is 6.18 Å². The molecule has 0 spiro atoms. The summed E-state index contributed by atoms with van der Waals surface area (Å²) < 4.78 is 37.8. The van der Waals surface area contributed by atoms with E-state index in [4.69, 9.17) is 10.5 Å². The number of hydrogen-bond acceptors (Lipinski definition) is 2. The smallest absolute Gasteiger partial charge is 0.198 e. The van der Waals surface area contributed by atoms with Crippen LogP contribution in [-0.2, 0) is 12.6 Å². The standard InChI is InChI=1S/C11H7F3N2/c1-7-4-10(11(12,13)14)8(2-3-15)5-9(7)6-16/h4-5H,2H2,1H3. The number of benzene rings is 1. The maximum Gasteiger partial charge on any atom is 0.416 e. The van der Waals surface area contributed by atoms with Gasteiger partial charge in [-0.05, 0) is 30.2 Å². The van der Waals surface area contributed by atoms with Crippen molar-refractivity contribution in [3.63, 3.8) is 0 Å². The van der Waals surface area contributed by atoms with E-state index in [9.17, 15) is 13.2 Å². The Balaban J connectivity index is 3.45. The fraction of sp³-hybridized carbons (Fsp3) is 0.273. The van der Waals surface area contributed by atoms with Crippen LogP contribution < -0.4 is 0 Å². The summed E-state index contributed by atoms with van der Waals surface area (Å²) in [6, 6.07) is 5.49. The van der Waals surface area contributed by atoms with Gasteiger partial charge in [0.25, 0.3) is 0 Å². The van der Waals surface area contributed by atoms with Crippen LogP contribution in [0.1, 0.15) is 22.3 Å². The van der Waals surface area contributed by atoms with Crippen LogP contribution in [0.15, 0.2) is 12.1 Å². The molecule has 0 atom stereocenters. The highest BCUT2D eigenvalue weighted by molar-refractivity contribution is 5.46. The molecule has 0 heterocycles. The van der Waals surface area contributed by atoms with Gasteiger partial charge < -0.3 is 0 Å². The fourth-order valence-electron chi connectivity index (χ4n) is 1.37. The van der Waals surface area contributed by atoms with Crippen molar-refractivity contribution in [3.8, 4) is 12.1 Å². The molecule has 1 rings (SSSR count). The van der Waals surface area contributed by atoms with Gasteiger partial charge in [0.1, 0.15) is 0 Å². The predicted octanol–water partition coefficient (Wildman–Crippen LogP) is 2.95. The lowest BCUT2D eigenvalue weighted by Crippen LogP contribution is -2.10. The topological polar surface area (TPSA) is 47.6 Å². The highest BCUT2D eigenvalue weighted by Crippen LogP contribution is 2.33. The first-order chi connectivity index (χ1) is 7.40. The largest absolute Gasteiger partial charge is 0.416 e. The third-order valence-electron chi connectivity index (χ3n) is 2.15. The summed E-state index contributed by atoms with van der Waals surface area (Å²) in [5.41, 5.74) is -0.572. The van der Waals surface area contributed by atoms with E-state index in [1.807, 2.05) is 0 Å². The van der Waals surface area contributed by atoms with Gasteiger partial charge in [0.15, 0.2) is 0 Å². The van der Waals surface area contributed by atoms with Gasteiger partial charge in [0.2, 0.25) is 0 Å². The highest BCUT2D eigenvalue weighted by Gasteiger charge is 2.33. The van der Waals surface area contributed by atoms with Gasteiger partial charge in [-0.1, -0.05) is 0 Å². The third kappa shape index (κ3) is 2.32. The molecule has 0 unspecified atom stereocenters. The van der Waals surface area contributed by atoms with Crippen molar-refractivity contribution in [2.24, 2.45) is 0 Å². The van der Waals surface area contributed by atoms with Crippen LogP contribution >= 0.6 is 0 Å². The Bertz CT molecular complexity index is 490. The summed E-state index contributed by atoms with van der Waals surface area (Å²) in [4.78, 5) is 0. The molecule has 0 aliphatic heterocycles. The molecule has 0 saturated heterocycles. The third-order valence-corrected chi connectivity index (χ3v) is 2.15. The molecule has 1 aromatic rings. The zero-order chi connectivity index (χ0) is 12.3. The van der Waals surface area contributed by atoms with Gasteiger partial charge in [-0.2, -0.15) is 23.7 Å². The first-order valence-corrected chi connectivity index (χ1v) is 4.38. The van der Waals surface area contributed by atoms with Crippen molar-refractivity contribution in [1.82, 2.24) is 0 Å². The Kier molecular flexibility index (Phi) is 3.20. The van der Waals surface area contributed by atoms with E-state index in [1.54, 1.807) is 12.1 Å². The van der Waals surface area contributed by atoms with E-state index < -0.39 is 11.7 Å². The summed E-state index contributed by atoms with van der Waals surface area (Å²) in [5, 5.41) is 17.1. The zero-order valence-corrected chi connectivity index (χ0v) is 8.39. The molecule has 0 aromatic heterocycles. The second kappa shape index (κ2) is 4.24. The van der Waals surface area contributed by atoms with Gasteiger partial charge in [0.05, 0.1) is 29.7 Å². The molecule has 0 radical (unpaired) electrons. The van der Waals surface area contributed by atoms with Crippen molar-refractivity contribution < 1.29 is 13.2 Å². The van der Waals surface area contributed by atoms with E-state index >= 15 is 0 Å².